The van der Waals surface area contributed by atoms with Gasteiger partial charge in [0.25, 0.3) is 5.56 Å². The molecule has 0 radical (unpaired) electrons. The summed E-state index contributed by atoms with van der Waals surface area (Å²) in [5.74, 6) is 1.21. The van der Waals surface area contributed by atoms with Gasteiger partial charge >= 0.3 is 0 Å². The van der Waals surface area contributed by atoms with E-state index in [9.17, 15) is 4.79 Å². The highest BCUT2D eigenvalue weighted by Crippen LogP contribution is 2.33. The summed E-state index contributed by atoms with van der Waals surface area (Å²) in [6, 6.07) is 0. The molecule has 0 atom stereocenters. The van der Waals surface area contributed by atoms with Crippen molar-refractivity contribution in [2.45, 2.75) is 26.8 Å². The van der Waals surface area contributed by atoms with E-state index in [2.05, 4.69) is 27.1 Å². The molecule has 6 nitrogen and oxygen atoms in total. The Labute approximate surface area is 130 Å². The van der Waals surface area contributed by atoms with E-state index in [1.165, 1.54) is 4.88 Å². The van der Waals surface area contributed by atoms with E-state index in [0.717, 1.165) is 46.5 Å². The SMILES string of the molecule is Cc1noc(C)c1-c1nc2sc3c(c2c(=O)[nH]1)CCN(C)C3. The van der Waals surface area contributed by atoms with Crippen LogP contribution >= 0.6 is 11.3 Å². The van der Waals surface area contributed by atoms with E-state index in [1.807, 2.05) is 13.8 Å². The highest BCUT2D eigenvalue weighted by molar-refractivity contribution is 7.18. The summed E-state index contributed by atoms with van der Waals surface area (Å²) < 4.78 is 5.18. The van der Waals surface area contributed by atoms with Crippen LogP contribution in [0.2, 0.25) is 0 Å². The molecule has 0 saturated carbocycles. The Bertz CT molecular complexity index is 918. The standard InChI is InChI=1S/C15H16N4O2S/c1-7-11(8(2)21-18-7)13-16-14(20)12-9-4-5-19(3)6-10(9)22-15(12)17-13/h4-6H2,1-3H3,(H,16,17,20). The van der Waals surface area contributed by atoms with Crippen LogP contribution in [-0.4, -0.2) is 33.6 Å². The Hall–Kier alpha value is -1.99. The van der Waals surface area contributed by atoms with Crippen molar-refractivity contribution in [2.24, 2.45) is 0 Å². The molecule has 0 aliphatic carbocycles. The van der Waals surface area contributed by atoms with Gasteiger partial charge in [-0.25, -0.2) is 4.98 Å². The third-order valence-electron chi connectivity index (χ3n) is 4.17. The smallest absolute Gasteiger partial charge is 0.260 e. The van der Waals surface area contributed by atoms with Crippen LogP contribution in [0.3, 0.4) is 0 Å². The molecule has 1 aliphatic rings. The van der Waals surface area contributed by atoms with Crippen LogP contribution in [0.15, 0.2) is 9.32 Å². The van der Waals surface area contributed by atoms with Gasteiger partial charge in [-0.15, -0.1) is 11.3 Å². The molecule has 0 aromatic carbocycles. The van der Waals surface area contributed by atoms with Crippen LogP contribution in [-0.2, 0) is 13.0 Å². The third kappa shape index (κ3) is 1.93. The number of nitrogens with zero attached hydrogens (tertiary/aromatic N) is 3. The largest absolute Gasteiger partial charge is 0.361 e. The average molecular weight is 316 g/mol. The monoisotopic (exact) mass is 316 g/mol. The molecule has 3 aromatic heterocycles. The maximum absolute atomic E-state index is 12.6. The van der Waals surface area contributed by atoms with Crippen LogP contribution in [0.4, 0.5) is 0 Å². The van der Waals surface area contributed by atoms with E-state index >= 15 is 0 Å². The fourth-order valence-corrected chi connectivity index (χ4v) is 4.37. The Morgan fingerprint density at radius 1 is 1.36 bits per heavy atom. The van der Waals surface area contributed by atoms with Crippen LogP contribution in [0.25, 0.3) is 21.6 Å². The molecular weight excluding hydrogens is 300 g/mol. The maximum Gasteiger partial charge on any atom is 0.260 e. The second-order valence-electron chi connectivity index (χ2n) is 5.79. The minimum atomic E-state index is -0.0675. The number of H-pyrrole nitrogens is 1. The van der Waals surface area contributed by atoms with Gasteiger partial charge in [0.2, 0.25) is 0 Å². The summed E-state index contributed by atoms with van der Waals surface area (Å²) in [5.41, 5.74) is 2.61. The zero-order chi connectivity index (χ0) is 15.4. The van der Waals surface area contributed by atoms with Gasteiger partial charge in [-0.05, 0) is 32.9 Å². The number of aromatic amines is 1. The van der Waals surface area contributed by atoms with Crippen molar-refractivity contribution in [2.75, 3.05) is 13.6 Å². The molecule has 3 aromatic rings. The van der Waals surface area contributed by atoms with Crippen molar-refractivity contribution in [1.29, 1.82) is 0 Å². The number of fused-ring (bicyclic) bond motifs is 3. The molecule has 4 heterocycles. The molecule has 0 unspecified atom stereocenters. The van der Waals surface area contributed by atoms with E-state index < -0.39 is 0 Å². The van der Waals surface area contributed by atoms with Crippen molar-refractivity contribution in [1.82, 2.24) is 20.0 Å². The van der Waals surface area contributed by atoms with Gasteiger partial charge in [0.05, 0.1) is 16.6 Å². The quantitative estimate of drug-likeness (QED) is 0.745. The molecule has 0 spiro atoms. The lowest BCUT2D eigenvalue weighted by molar-refractivity contribution is 0.318. The molecule has 0 amide bonds. The third-order valence-corrected chi connectivity index (χ3v) is 5.28. The average Bonchev–Trinajstić information content (AvgIpc) is 2.98. The second kappa shape index (κ2) is 4.76. The van der Waals surface area contributed by atoms with Crippen LogP contribution in [0.1, 0.15) is 21.9 Å². The lowest BCUT2D eigenvalue weighted by Gasteiger charge is -2.21. The number of aromatic nitrogens is 3. The van der Waals surface area contributed by atoms with Crippen molar-refractivity contribution >= 4 is 21.6 Å². The molecular formula is C15H16N4O2S. The summed E-state index contributed by atoms with van der Waals surface area (Å²) >= 11 is 1.62. The van der Waals surface area contributed by atoms with E-state index in [4.69, 9.17) is 4.52 Å². The van der Waals surface area contributed by atoms with Crippen molar-refractivity contribution in [3.8, 4) is 11.4 Å². The molecule has 7 heteroatoms. The minimum absolute atomic E-state index is 0.0675. The number of nitrogens with one attached hydrogen (secondary N) is 1. The van der Waals surface area contributed by atoms with Crippen LogP contribution < -0.4 is 5.56 Å². The van der Waals surface area contributed by atoms with Gasteiger partial charge in [0.1, 0.15) is 16.4 Å². The summed E-state index contributed by atoms with van der Waals surface area (Å²) in [7, 11) is 2.10. The zero-order valence-corrected chi connectivity index (χ0v) is 13.5. The molecule has 22 heavy (non-hydrogen) atoms. The number of hydrogen-bond acceptors (Lipinski definition) is 6. The lowest BCUT2D eigenvalue weighted by Crippen LogP contribution is -2.25. The number of likely N-dealkylation sites (N-methyl/N-ethyl adjacent to an activating group) is 1. The molecule has 0 bridgehead atoms. The van der Waals surface area contributed by atoms with E-state index in [0.29, 0.717) is 11.6 Å². The molecule has 1 aliphatic heterocycles. The van der Waals surface area contributed by atoms with E-state index in [-0.39, 0.29) is 5.56 Å². The Morgan fingerprint density at radius 2 is 2.18 bits per heavy atom. The van der Waals surface area contributed by atoms with Crippen LogP contribution in [0.5, 0.6) is 0 Å². The molecule has 0 saturated heterocycles. The number of rotatable bonds is 1. The number of thiophene rings is 1. The summed E-state index contributed by atoms with van der Waals surface area (Å²) in [5, 5.41) is 4.69. The minimum Gasteiger partial charge on any atom is -0.361 e. The highest BCUT2D eigenvalue weighted by Gasteiger charge is 2.23. The van der Waals surface area contributed by atoms with Gasteiger partial charge in [0.15, 0.2) is 0 Å². The first-order chi connectivity index (χ1) is 10.5. The predicted molar refractivity (Wildman–Crippen MR) is 85.2 cm³/mol. The highest BCUT2D eigenvalue weighted by atomic mass is 32.1. The summed E-state index contributed by atoms with van der Waals surface area (Å²) in [6.07, 6.45) is 0.904. The fourth-order valence-electron chi connectivity index (χ4n) is 3.07. The fraction of sp³-hybridized carbons (Fsp3) is 0.400. The Kier molecular flexibility index (Phi) is 2.95. The first-order valence-corrected chi connectivity index (χ1v) is 8.02. The maximum atomic E-state index is 12.6. The van der Waals surface area contributed by atoms with Gasteiger partial charge in [-0.3, -0.25) is 4.79 Å². The van der Waals surface area contributed by atoms with Crippen molar-refractivity contribution in [3.05, 3.63) is 32.2 Å². The number of hydrogen-bond donors (Lipinski definition) is 1. The van der Waals surface area contributed by atoms with Crippen molar-refractivity contribution in [3.63, 3.8) is 0 Å². The summed E-state index contributed by atoms with van der Waals surface area (Å²) in [4.78, 5) is 24.5. The molecule has 4 rings (SSSR count). The van der Waals surface area contributed by atoms with Crippen molar-refractivity contribution < 1.29 is 4.52 Å². The van der Waals surface area contributed by atoms with Crippen LogP contribution in [0, 0.1) is 13.8 Å². The first-order valence-electron chi connectivity index (χ1n) is 7.21. The Balaban J connectivity index is 1.97. The van der Waals surface area contributed by atoms with Gasteiger partial charge in [0, 0.05) is 18.0 Å². The van der Waals surface area contributed by atoms with Gasteiger partial charge in [-0.2, -0.15) is 0 Å². The zero-order valence-electron chi connectivity index (χ0n) is 12.7. The second-order valence-corrected chi connectivity index (χ2v) is 6.87. The number of aryl methyl sites for hydroxylation is 2. The van der Waals surface area contributed by atoms with Gasteiger partial charge in [-0.1, -0.05) is 5.16 Å². The predicted octanol–water partition coefficient (Wildman–Crippen LogP) is 2.24. The first kappa shape index (κ1) is 13.7. The summed E-state index contributed by atoms with van der Waals surface area (Å²) in [6.45, 7) is 5.54. The molecule has 1 N–H and O–H groups in total. The Morgan fingerprint density at radius 3 is 2.91 bits per heavy atom. The normalized spacial score (nSPS) is 15.4. The molecule has 114 valence electrons. The molecule has 0 fully saturated rings. The van der Waals surface area contributed by atoms with Gasteiger partial charge < -0.3 is 14.4 Å². The lowest BCUT2D eigenvalue weighted by atomic mass is 10.1. The topological polar surface area (TPSA) is 75.0 Å². The van der Waals surface area contributed by atoms with E-state index in [1.54, 1.807) is 11.3 Å².